The molecule has 3 unspecified atom stereocenters. The normalized spacial score (nSPS) is 13.4. The van der Waals surface area contributed by atoms with Crippen molar-refractivity contribution in [1.82, 2.24) is 4.90 Å². The van der Waals surface area contributed by atoms with Crippen molar-refractivity contribution in [1.29, 1.82) is 0 Å². The van der Waals surface area contributed by atoms with E-state index in [-0.39, 0.29) is 18.4 Å². The summed E-state index contributed by atoms with van der Waals surface area (Å²) in [4.78, 5) is 37.1. The number of carboxylic acids is 2. The summed E-state index contributed by atoms with van der Waals surface area (Å²) < 4.78 is 0. The van der Waals surface area contributed by atoms with Gasteiger partial charge in [0, 0.05) is 30.5 Å². The summed E-state index contributed by atoms with van der Waals surface area (Å²) in [5.74, 6) is -4.30. The highest BCUT2D eigenvalue weighted by atomic mass is 35.5. The van der Waals surface area contributed by atoms with Crippen LogP contribution in [0, 0.1) is 5.92 Å². The Bertz CT molecular complexity index is 1180. The van der Waals surface area contributed by atoms with Crippen LogP contribution in [-0.4, -0.2) is 46.0 Å². The average Bonchev–Trinajstić information content (AvgIpc) is 2.87. The van der Waals surface area contributed by atoms with E-state index in [2.05, 4.69) is 24.3 Å². The molecule has 0 fully saturated rings. The fraction of sp³-hybridized carbons (Fsp3) is 0.276. The number of hydrogen-bond acceptors (Lipinski definition) is 3. The molecule has 0 heterocycles. The number of carbonyl (C=O) groups is 3. The van der Waals surface area contributed by atoms with E-state index < -0.39 is 30.2 Å². The van der Waals surface area contributed by atoms with Gasteiger partial charge in [0.25, 0.3) is 0 Å². The maximum Gasteiger partial charge on any atom is 0.307 e. The summed E-state index contributed by atoms with van der Waals surface area (Å²) in [6.45, 7) is 1.93. The first-order valence-corrected chi connectivity index (χ1v) is 12.1. The third kappa shape index (κ3) is 7.18. The first-order chi connectivity index (χ1) is 17.2. The standard InChI is InChI=1S/C29H30ClNO5/c1-19(31(2)27(32)17-24(29(35)36)18-28(33)34)26(16-20-8-14-25(30)15-9-20)23-12-10-22(11-13-23)21-6-4-3-5-7-21/h3-15,19,24,26H,16-18H2,1-2H3,(H,33,34)(H,35,36). The van der Waals surface area contributed by atoms with Gasteiger partial charge in [0.05, 0.1) is 12.3 Å². The fourth-order valence-electron chi connectivity index (χ4n) is 4.30. The molecule has 0 aliphatic heterocycles. The second-order valence-corrected chi connectivity index (χ2v) is 9.44. The number of rotatable bonds is 11. The highest BCUT2D eigenvalue weighted by molar-refractivity contribution is 6.30. The molecule has 3 rings (SSSR count). The Balaban J connectivity index is 1.86. The molecule has 0 bridgehead atoms. The second-order valence-electron chi connectivity index (χ2n) is 9.01. The zero-order valence-electron chi connectivity index (χ0n) is 20.3. The largest absolute Gasteiger partial charge is 0.481 e. The van der Waals surface area contributed by atoms with Crippen molar-refractivity contribution in [3.05, 3.63) is 95.0 Å². The van der Waals surface area contributed by atoms with Crippen molar-refractivity contribution in [2.24, 2.45) is 5.92 Å². The van der Waals surface area contributed by atoms with E-state index in [4.69, 9.17) is 16.7 Å². The van der Waals surface area contributed by atoms with Gasteiger partial charge >= 0.3 is 11.9 Å². The molecule has 6 nitrogen and oxygen atoms in total. The van der Waals surface area contributed by atoms with Crippen LogP contribution in [-0.2, 0) is 20.8 Å². The van der Waals surface area contributed by atoms with E-state index in [0.29, 0.717) is 11.4 Å². The molecule has 0 radical (unpaired) electrons. The van der Waals surface area contributed by atoms with Gasteiger partial charge in [-0.3, -0.25) is 14.4 Å². The maximum atomic E-state index is 13.0. The van der Waals surface area contributed by atoms with Crippen molar-refractivity contribution in [3.8, 4) is 11.1 Å². The summed E-state index contributed by atoms with van der Waals surface area (Å²) in [5, 5.41) is 19.0. The molecule has 2 N–H and O–H groups in total. The smallest absolute Gasteiger partial charge is 0.307 e. The highest BCUT2D eigenvalue weighted by Gasteiger charge is 2.30. The van der Waals surface area contributed by atoms with E-state index in [1.165, 1.54) is 4.90 Å². The Labute approximate surface area is 216 Å². The van der Waals surface area contributed by atoms with Gasteiger partial charge in [0.1, 0.15) is 0 Å². The number of aliphatic carboxylic acids is 2. The number of carboxylic acid groups (broad SMARTS) is 2. The van der Waals surface area contributed by atoms with Gasteiger partial charge in [0.15, 0.2) is 0 Å². The minimum atomic E-state index is -1.29. The van der Waals surface area contributed by atoms with Crippen LogP contribution in [0.3, 0.4) is 0 Å². The van der Waals surface area contributed by atoms with Crippen LogP contribution < -0.4 is 0 Å². The van der Waals surface area contributed by atoms with E-state index >= 15 is 0 Å². The molecule has 0 aliphatic rings. The molecule has 1 amide bonds. The van der Waals surface area contributed by atoms with Crippen molar-refractivity contribution in [2.75, 3.05) is 7.05 Å². The first-order valence-electron chi connectivity index (χ1n) is 11.8. The van der Waals surface area contributed by atoms with Gasteiger partial charge in [-0.05, 0) is 47.7 Å². The van der Waals surface area contributed by atoms with Crippen LogP contribution >= 0.6 is 11.6 Å². The minimum Gasteiger partial charge on any atom is -0.481 e. The van der Waals surface area contributed by atoms with Gasteiger partial charge in [-0.2, -0.15) is 0 Å². The van der Waals surface area contributed by atoms with Crippen molar-refractivity contribution >= 4 is 29.4 Å². The van der Waals surface area contributed by atoms with Crippen molar-refractivity contribution < 1.29 is 24.6 Å². The lowest BCUT2D eigenvalue weighted by molar-refractivity contribution is -0.151. The molecule has 0 spiro atoms. The average molecular weight is 508 g/mol. The number of amides is 1. The minimum absolute atomic E-state index is 0.0901. The molecule has 0 saturated heterocycles. The van der Waals surface area contributed by atoms with Crippen LogP contribution in [0.5, 0.6) is 0 Å². The third-order valence-corrected chi connectivity index (χ3v) is 6.84. The lowest BCUT2D eigenvalue weighted by Gasteiger charge is -2.33. The fourth-order valence-corrected chi connectivity index (χ4v) is 4.43. The summed E-state index contributed by atoms with van der Waals surface area (Å²) >= 11 is 6.06. The van der Waals surface area contributed by atoms with Gasteiger partial charge in [-0.15, -0.1) is 0 Å². The van der Waals surface area contributed by atoms with E-state index in [1.54, 1.807) is 7.05 Å². The molecule has 0 aliphatic carbocycles. The number of nitrogens with zero attached hydrogens (tertiary/aromatic N) is 1. The van der Waals surface area contributed by atoms with E-state index in [9.17, 15) is 19.5 Å². The predicted molar refractivity (Wildman–Crippen MR) is 140 cm³/mol. The van der Waals surface area contributed by atoms with Crippen molar-refractivity contribution in [3.63, 3.8) is 0 Å². The van der Waals surface area contributed by atoms with E-state index in [1.807, 2.05) is 61.5 Å². The monoisotopic (exact) mass is 507 g/mol. The van der Waals surface area contributed by atoms with Crippen LogP contribution in [0.4, 0.5) is 0 Å². The molecule has 3 atom stereocenters. The van der Waals surface area contributed by atoms with Crippen LogP contribution in [0.25, 0.3) is 11.1 Å². The lowest BCUT2D eigenvalue weighted by atomic mass is 9.85. The number of likely N-dealkylation sites (N-methyl/N-ethyl adjacent to an activating group) is 1. The van der Waals surface area contributed by atoms with Crippen LogP contribution in [0.2, 0.25) is 5.02 Å². The molecular formula is C29H30ClNO5. The Kier molecular flexibility index (Phi) is 9.25. The zero-order chi connectivity index (χ0) is 26.2. The van der Waals surface area contributed by atoms with Gasteiger partial charge in [0.2, 0.25) is 5.91 Å². The first kappa shape index (κ1) is 27.0. The molecule has 36 heavy (non-hydrogen) atoms. The Morgan fingerprint density at radius 1 is 0.833 bits per heavy atom. The topological polar surface area (TPSA) is 94.9 Å². The Morgan fingerprint density at radius 2 is 1.42 bits per heavy atom. The zero-order valence-corrected chi connectivity index (χ0v) is 21.1. The van der Waals surface area contributed by atoms with Gasteiger partial charge < -0.3 is 15.1 Å². The number of carbonyl (C=O) groups excluding carboxylic acids is 1. The second kappa shape index (κ2) is 12.4. The molecule has 3 aromatic rings. The lowest BCUT2D eigenvalue weighted by Crippen LogP contribution is -2.41. The summed E-state index contributed by atoms with van der Waals surface area (Å²) in [6, 6.07) is 25.6. The number of halogens is 1. The van der Waals surface area contributed by atoms with Gasteiger partial charge in [-0.25, -0.2) is 0 Å². The molecular weight excluding hydrogens is 478 g/mol. The molecule has 7 heteroatoms. The molecule has 0 saturated carbocycles. The molecule has 3 aromatic carbocycles. The third-order valence-electron chi connectivity index (χ3n) is 6.59. The Hall–Kier alpha value is -3.64. The summed E-state index contributed by atoms with van der Waals surface area (Å²) in [5.41, 5.74) is 4.28. The predicted octanol–water partition coefficient (Wildman–Crippen LogP) is 5.75. The Morgan fingerprint density at radius 3 is 1.97 bits per heavy atom. The summed E-state index contributed by atoms with van der Waals surface area (Å²) in [6.07, 6.45) is -0.334. The van der Waals surface area contributed by atoms with Crippen molar-refractivity contribution in [2.45, 2.75) is 38.1 Å². The maximum absolute atomic E-state index is 13.0. The quantitative estimate of drug-likeness (QED) is 0.345. The van der Waals surface area contributed by atoms with Gasteiger partial charge in [-0.1, -0.05) is 78.3 Å². The van der Waals surface area contributed by atoms with Crippen LogP contribution in [0.1, 0.15) is 36.8 Å². The van der Waals surface area contributed by atoms with E-state index in [0.717, 1.165) is 22.3 Å². The number of hydrogen-bond donors (Lipinski definition) is 2. The number of benzene rings is 3. The SMILES string of the molecule is CC(C(Cc1ccc(Cl)cc1)c1ccc(-c2ccccc2)cc1)N(C)C(=O)CC(CC(=O)O)C(=O)O. The van der Waals surface area contributed by atoms with Crippen LogP contribution in [0.15, 0.2) is 78.9 Å². The summed E-state index contributed by atoms with van der Waals surface area (Å²) in [7, 11) is 1.64. The molecule has 188 valence electrons. The highest BCUT2D eigenvalue weighted by Crippen LogP contribution is 2.30. The molecule has 0 aromatic heterocycles.